The first-order valence-electron chi connectivity index (χ1n) is 7.96. The topological polar surface area (TPSA) is 61.9 Å². The number of ether oxygens (including phenoxy) is 1. The monoisotopic (exact) mass is 319 g/mol. The molecule has 0 bridgehead atoms. The van der Waals surface area contributed by atoms with Crippen LogP contribution in [0, 0.1) is 0 Å². The molecule has 1 aliphatic rings. The van der Waals surface area contributed by atoms with Crippen LogP contribution in [0.1, 0.15) is 18.9 Å². The molecule has 0 aromatic heterocycles. The maximum absolute atomic E-state index is 12.1. The summed E-state index contributed by atoms with van der Waals surface area (Å²) in [5.74, 6) is 0.924. The van der Waals surface area contributed by atoms with Gasteiger partial charge in [0.15, 0.2) is 0 Å². The average molecular weight is 319 g/mol. The molecular formula is C17H25N3O3. The first kappa shape index (κ1) is 17.3. The van der Waals surface area contributed by atoms with Crippen LogP contribution in [-0.2, 0) is 16.1 Å². The van der Waals surface area contributed by atoms with E-state index >= 15 is 0 Å². The van der Waals surface area contributed by atoms with E-state index in [1.807, 2.05) is 29.2 Å². The Morgan fingerprint density at radius 1 is 1.13 bits per heavy atom. The van der Waals surface area contributed by atoms with Gasteiger partial charge in [-0.25, -0.2) is 0 Å². The largest absolute Gasteiger partial charge is 0.497 e. The molecule has 6 nitrogen and oxygen atoms in total. The minimum Gasteiger partial charge on any atom is -0.497 e. The third-order valence-electron chi connectivity index (χ3n) is 4.05. The number of nitrogens with zero attached hydrogens (tertiary/aromatic N) is 2. The molecule has 0 radical (unpaired) electrons. The summed E-state index contributed by atoms with van der Waals surface area (Å²) in [7, 11) is 1.63. The number of carbonyl (C=O) groups is 2. The predicted molar refractivity (Wildman–Crippen MR) is 88.2 cm³/mol. The van der Waals surface area contributed by atoms with Crippen LogP contribution in [0.5, 0.6) is 5.75 Å². The molecule has 1 aromatic rings. The molecule has 2 amide bonds. The van der Waals surface area contributed by atoms with Gasteiger partial charge in [0.05, 0.1) is 13.7 Å². The fraction of sp³-hybridized carbons (Fsp3) is 0.529. The van der Waals surface area contributed by atoms with Gasteiger partial charge in [0.25, 0.3) is 0 Å². The Bertz CT molecular complexity index is 530. The van der Waals surface area contributed by atoms with Crippen LogP contribution >= 0.6 is 0 Å². The fourth-order valence-electron chi connectivity index (χ4n) is 2.65. The summed E-state index contributed by atoms with van der Waals surface area (Å²) in [6.07, 6.45) is 0.908. The lowest BCUT2D eigenvalue weighted by Crippen LogP contribution is -2.39. The Labute approximate surface area is 137 Å². The van der Waals surface area contributed by atoms with Crippen LogP contribution in [0.2, 0.25) is 0 Å². The van der Waals surface area contributed by atoms with Crippen LogP contribution < -0.4 is 10.1 Å². The molecule has 0 aliphatic carbocycles. The quantitative estimate of drug-likeness (QED) is 0.875. The number of carbonyl (C=O) groups excluding carboxylic acids is 2. The number of hydrogen-bond acceptors (Lipinski definition) is 4. The van der Waals surface area contributed by atoms with Gasteiger partial charge in [0, 0.05) is 39.6 Å². The van der Waals surface area contributed by atoms with Crippen LogP contribution in [0.25, 0.3) is 0 Å². The van der Waals surface area contributed by atoms with Crippen molar-refractivity contribution in [2.75, 3.05) is 39.8 Å². The maximum Gasteiger partial charge on any atom is 0.234 e. The molecule has 0 unspecified atom stereocenters. The Balaban J connectivity index is 1.74. The van der Waals surface area contributed by atoms with Gasteiger partial charge in [0.1, 0.15) is 5.75 Å². The molecule has 0 saturated carbocycles. The fourth-order valence-corrected chi connectivity index (χ4v) is 2.65. The van der Waals surface area contributed by atoms with Crippen molar-refractivity contribution in [2.24, 2.45) is 0 Å². The first-order chi connectivity index (χ1) is 11.1. The van der Waals surface area contributed by atoms with Crippen molar-refractivity contribution in [1.29, 1.82) is 0 Å². The van der Waals surface area contributed by atoms with E-state index in [1.54, 1.807) is 14.0 Å². The lowest BCUT2D eigenvalue weighted by atomic mass is 10.2. The van der Waals surface area contributed by atoms with E-state index in [0.29, 0.717) is 19.6 Å². The summed E-state index contributed by atoms with van der Waals surface area (Å²) >= 11 is 0. The summed E-state index contributed by atoms with van der Waals surface area (Å²) in [5.41, 5.74) is 1.04. The van der Waals surface area contributed by atoms with Crippen LogP contribution in [0.4, 0.5) is 0 Å². The maximum atomic E-state index is 12.1. The van der Waals surface area contributed by atoms with Crippen molar-refractivity contribution in [1.82, 2.24) is 15.1 Å². The highest BCUT2D eigenvalue weighted by atomic mass is 16.5. The Hall–Kier alpha value is -2.08. The number of rotatable bonds is 5. The third kappa shape index (κ3) is 5.56. The minimum atomic E-state index is 0.0112. The molecule has 1 aliphatic heterocycles. The van der Waals surface area contributed by atoms with Crippen molar-refractivity contribution in [3.8, 4) is 5.75 Å². The van der Waals surface area contributed by atoms with Crippen molar-refractivity contribution in [2.45, 2.75) is 19.9 Å². The van der Waals surface area contributed by atoms with Gasteiger partial charge in [-0.15, -0.1) is 0 Å². The number of nitrogens with one attached hydrogen (secondary N) is 1. The molecule has 0 atom stereocenters. The van der Waals surface area contributed by atoms with Gasteiger partial charge >= 0.3 is 0 Å². The second-order valence-electron chi connectivity index (χ2n) is 5.76. The van der Waals surface area contributed by atoms with E-state index in [9.17, 15) is 9.59 Å². The van der Waals surface area contributed by atoms with Crippen molar-refractivity contribution in [3.05, 3.63) is 29.8 Å². The molecular weight excluding hydrogens is 294 g/mol. The summed E-state index contributed by atoms with van der Waals surface area (Å²) in [5, 5.41) is 2.94. The molecule has 1 saturated heterocycles. The van der Waals surface area contributed by atoms with E-state index in [0.717, 1.165) is 37.4 Å². The second kappa shape index (κ2) is 8.53. The van der Waals surface area contributed by atoms with Gasteiger partial charge < -0.3 is 15.0 Å². The zero-order valence-corrected chi connectivity index (χ0v) is 13.9. The summed E-state index contributed by atoms with van der Waals surface area (Å²) in [6, 6.07) is 7.64. The van der Waals surface area contributed by atoms with Crippen molar-refractivity contribution < 1.29 is 14.3 Å². The number of methoxy groups -OCH3 is 1. The van der Waals surface area contributed by atoms with Crippen molar-refractivity contribution >= 4 is 11.8 Å². The number of benzene rings is 1. The first-order valence-corrected chi connectivity index (χ1v) is 7.96. The Morgan fingerprint density at radius 2 is 1.87 bits per heavy atom. The van der Waals surface area contributed by atoms with Gasteiger partial charge in [-0.3, -0.25) is 14.5 Å². The van der Waals surface area contributed by atoms with E-state index in [1.165, 1.54) is 0 Å². The van der Waals surface area contributed by atoms with Gasteiger partial charge in [-0.05, 0) is 24.1 Å². The van der Waals surface area contributed by atoms with Gasteiger partial charge in [-0.2, -0.15) is 0 Å². The standard InChI is InChI=1S/C17H25N3O3/c1-14(21)20-9-3-8-19(10-11-20)13-17(22)18-12-15-4-6-16(23-2)7-5-15/h4-7H,3,8-13H2,1-2H3,(H,18,22). The predicted octanol–water partition coefficient (Wildman–Crippen LogP) is 0.866. The molecule has 126 valence electrons. The van der Waals surface area contributed by atoms with Crippen LogP contribution in [-0.4, -0.2) is 61.4 Å². The Kier molecular flexibility index (Phi) is 6.40. The molecule has 0 spiro atoms. The lowest BCUT2D eigenvalue weighted by Gasteiger charge is -2.20. The number of amides is 2. The third-order valence-corrected chi connectivity index (χ3v) is 4.05. The molecule has 1 heterocycles. The highest BCUT2D eigenvalue weighted by molar-refractivity contribution is 5.78. The molecule has 1 fully saturated rings. The highest BCUT2D eigenvalue weighted by Crippen LogP contribution is 2.11. The molecule has 1 N–H and O–H groups in total. The zero-order chi connectivity index (χ0) is 16.7. The van der Waals surface area contributed by atoms with Gasteiger partial charge in [-0.1, -0.05) is 12.1 Å². The van der Waals surface area contributed by atoms with Crippen LogP contribution in [0.15, 0.2) is 24.3 Å². The zero-order valence-electron chi connectivity index (χ0n) is 13.9. The highest BCUT2D eigenvalue weighted by Gasteiger charge is 2.18. The molecule has 6 heteroatoms. The lowest BCUT2D eigenvalue weighted by molar-refractivity contribution is -0.128. The smallest absolute Gasteiger partial charge is 0.234 e. The number of hydrogen-bond donors (Lipinski definition) is 1. The SMILES string of the molecule is COc1ccc(CNC(=O)CN2CCCN(C(C)=O)CC2)cc1. The second-order valence-corrected chi connectivity index (χ2v) is 5.76. The molecule has 2 rings (SSSR count). The van der Waals surface area contributed by atoms with Gasteiger partial charge in [0.2, 0.25) is 11.8 Å². The minimum absolute atomic E-state index is 0.0112. The van der Waals surface area contributed by atoms with Crippen LogP contribution in [0.3, 0.4) is 0 Å². The van der Waals surface area contributed by atoms with E-state index in [2.05, 4.69) is 10.2 Å². The summed E-state index contributed by atoms with van der Waals surface area (Å²) < 4.78 is 5.11. The van der Waals surface area contributed by atoms with E-state index in [4.69, 9.17) is 4.74 Å². The molecule has 23 heavy (non-hydrogen) atoms. The summed E-state index contributed by atoms with van der Waals surface area (Å²) in [6.45, 7) is 5.55. The van der Waals surface area contributed by atoms with Crippen molar-refractivity contribution in [3.63, 3.8) is 0 Å². The summed E-state index contributed by atoms with van der Waals surface area (Å²) in [4.78, 5) is 27.4. The average Bonchev–Trinajstić information content (AvgIpc) is 2.79. The van der Waals surface area contributed by atoms with E-state index < -0.39 is 0 Å². The Morgan fingerprint density at radius 3 is 2.52 bits per heavy atom. The normalized spacial score (nSPS) is 15.8. The molecule has 1 aromatic carbocycles. The van der Waals surface area contributed by atoms with E-state index in [-0.39, 0.29) is 11.8 Å².